The Morgan fingerprint density at radius 3 is 2.50 bits per heavy atom. The van der Waals surface area contributed by atoms with Gasteiger partial charge < -0.3 is 9.73 Å². The van der Waals surface area contributed by atoms with E-state index in [-0.39, 0.29) is 10.8 Å². The number of furan rings is 1. The van der Waals surface area contributed by atoms with E-state index in [0.717, 1.165) is 17.0 Å². The standard InChI is InChI=1S/C18H14F3N3OS/c1-11(16-10-12-6-2-5-9-15(12)25-16)23-24-17(26)22-14-8-4-3-7-13(14)18(19,20)21/h2-10H,1H3,(H2,22,24,26)/b23-11+. The molecule has 0 aliphatic carbocycles. The molecule has 0 amide bonds. The van der Waals surface area contributed by atoms with Gasteiger partial charge in [0.15, 0.2) is 10.9 Å². The SMILES string of the molecule is C/C(=N\NC(=S)Nc1ccccc1C(F)(F)F)c1cc2ccccc2o1. The number of hydrogen-bond acceptors (Lipinski definition) is 3. The number of alkyl halides is 3. The third-order valence-corrected chi connectivity index (χ3v) is 3.78. The van der Waals surface area contributed by atoms with E-state index in [1.54, 1.807) is 6.92 Å². The van der Waals surface area contributed by atoms with Crippen molar-refractivity contribution in [1.29, 1.82) is 0 Å². The Balaban J connectivity index is 1.71. The van der Waals surface area contributed by atoms with Gasteiger partial charge in [0.1, 0.15) is 11.3 Å². The van der Waals surface area contributed by atoms with Gasteiger partial charge in [0.2, 0.25) is 0 Å². The Bertz CT molecular complexity index is 946. The summed E-state index contributed by atoms with van der Waals surface area (Å²) in [5.74, 6) is 0.539. The number of thiocarbonyl (C=S) groups is 1. The van der Waals surface area contributed by atoms with Gasteiger partial charge in [-0.1, -0.05) is 30.3 Å². The Morgan fingerprint density at radius 1 is 1.08 bits per heavy atom. The zero-order chi connectivity index (χ0) is 18.7. The molecule has 0 unspecified atom stereocenters. The van der Waals surface area contributed by atoms with Gasteiger partial charge >= 0.3 is 6.18 Å². The second kappa shape index (κ2) is 7.17. The number of rotatable bonds is 3. The van der Waals surface area contributed by atoms with Crippen LogP contribution in [0.2, 0.25) is 0 Å². The summed E-state index contributed by atoms with van der Waals surface area (Å²) < 4.78 is 44.6. The second-order valence-electron chi connectivity index (χ2n) is 5.45. The molecular formula is C18H14F3N3OS. The molecule has 0 radical (unpaired) electrons. The van der Waals surface area contributed by atoms with E-state index in [0.29, 0.717) is 11.5 Å². The van der Waals surface area contributed by atoms with E-state index in [1.807, 2.05) is 30.3 Å². The lowest BCUT2D eigenvalue weighted by Gasteiger charge is -2.14. The van der Waals surface area contributed by atoms with Gasteiger partial charge in [0, 0.05) is 5.39 Å². The van der Waals surface area contributed by atoms with Crippen molar-refractivity contribution in [2.45, 2.75) is 13.1 Å². The molecule has 134 valence electrons. The minimum absolute atomic E-state index is 0.0582. The number of halogens is 3. The Morgan fingerprint density at radius 2 is 1.77 bits per heavy atom. The van der Waals surface area contributed by atoms with Crippen molar-refractivity contribution in [2.24, 2.45) is 5.10 Å². The van der Waals surface area contributed by atoms with Crippen molar-refractivity contribution >= 4 is 39.7 Å². The van der Waals surface area contributed by atoms with Gasteiger partial charge in [-0.25, -0.2) is 0 Å². The van der Waals surface area contributed by atoms with Crippen molar-refractivity contribution in [3.8, 4) is 0 Å². The van der Waals surface area contributed by atoms with Crippen LogP contribution in [0, 0.1) is 0 Å². The van der Waals surface area contributed by atoms with Crippen molar-refractivity contribution < 1.29 is 17.6 Å². The Labute approximate surface area is 152 Å². The summed E-state index contributed by atoms with van der Waals surface area (Å²) in [5, 5.41) is 7.45. The number of nitrogens with zero attached hydrogens (tertiary/aromatic N) is 1. The fourth-order valence-electron chi connectivity index (χ4n) is 2.34. The van der Waals surface area contributed by atoms with Crippen molar-refractivity contribution in [1.82, 2.24) is 5.43 Å². The maximum atomic E-state index is 13.0. The summed E-state index contributed by atoms with van der Waals surface area (Å²) in [6, 6.07) is 14.4. The van der Waals surface area contributed by atoms with Gasteiger partial charge in [-0.15, -0.1) is 0 Å². The molecule has 26 heavy (non-hydrogen) atoms. The molecule has 0 fully saturated rings. The quantitative estimate of drug-likeness (QED) is 0.376. The summed E-state index contributed by atoms with van der Waals surface area (Å²) in [6.45, 7) is 1.71. The molecule has 0 bridgehead atoms. The van der Waals surface area contributed by atoms with Crippen LogP contribution in [-0.4, -0.2) is 10.8 Å². The number of hydrazone groups is 1. The number of fused-ring (bicyclic) bond motifs is 1. The number of benzene rings is 2. The summed E-state index contributed by atoms with van der Waals surface area (Å²) in [6.07, 6.45) is -4.48. The molecule has 0 saturated heterocycles. The normalized spacial score (nSPS) is 12.2. The largest absolute Gasteiger partial charge is 0.455 e. The molecule has 0 saturated carbocycles. The number of nitrogens with one attached hydrogen (secondary N) is 2. The van der Waals surface area contributed by atoms with Gasteiger partial charge in [0.05, 0.1) is 11.3 Å². The minimum Gasteiger partial charge on any atom is -0.455 e. The van der Waals surface area contributed by atoms with Crippen molar-refractivity contribution in [3.05, 3.63) is 65.9 Å². The van der Waals surface area contributed by atoms with Crippen molar-refractivity contribution in [3.63, 3.8) is 0 Å². The predicted molar refractivity (Wildman–Crippen MR) is 99.2 cm³/mol. The summed E-state index contributed by atoms with van der Waals surface area (Å²) >= 11 is 5.02. The molecule has 2 aromatic carbocycles. The van der Waals surface area contributed by atoms with Crippen LogP contribution in [-0.2, 0) is 6.18 Å². The van der Waals surface area contributed by atoms with Crippen LogP contribution in [0.15, 0.2) is 64.1 Å². The summed E-state index contributed by atoms with van der Waals surface area (Å²) in [4.78, 5) is 0. The highest BCUT2D eigenvalue weighted by molar-refractivity contribution is 7.80. The fraction of sp³-hybridized carbons (Fsp3) is 0.111. The third-order valence-electron chi connectivity index (χ3n) is 3.59. The van der Waals surface area contributed by atoms with E-state index < -0.39 is 11.7 Å². The first-order chi connectivity index (χ1) is 12.3. The lowest BCUT2D eigenvalue weighted by atomic mass is 10.2. The lowest BCUT2D eigenvalue weighted by Crippen LogP contribution is -2.26. The van der Waals surface area contributed by atoms with Gasteiger partial charge in [-0.3, -0.25) is 5.43 Å². The van der Waals surface area contributed by atoms with Crippen LogP contribution >= 0.6 is 12.2 Å². The zero-order valence-corrected chi connectivity index (χ0v) is 14.4. The maximum absolute atomic E-state index is 13.0. The highest BCUT2D eigenvalue weighted by Gasteiger charge is 2.33. The van der Waals surface area contributed by atoms with Crippen LogP contribution in [0.1, 0.15) is 18.2 Å². The third kappa shape index (κ3) is 4.02. The number of hydrogen-bond donors (Lipinski definition) is 2. The highest BCUT2D eigenvalue weighted by atomic mass is 32.1. The molecule has 1 heterocycles. The number of anilines is 1. The molecule has 2 N–H and O–H groups in total. The first kappa shape index (κ1) is 17.9. The lowest BCUT2D eigenvalue weighted by molar-refractivity contribution is -0.136. The predicted octanol–water partition coefficient (Wildman–Crippen LogP) is 5.16. The molecule has 0 aliphatic heterocycles. The van der Waals surface area contributed by atoms with Crippen LogP contribution in [0.5, 0.6) is 0 Å². The zero-order valence-electron chi connectivity index (χ0n) is 13.6. The number of para-hydroxylation sites is 2. The minimum atomic E-state index is -4.48. The molecule has 4 nitrogen and oxygen atoms in total. The van der Waals surface area contributed by atoms with Gasteiger partial charge in [0.25, 0.3) is 0 Å². The molecule has 8 heteroatoms. The molecule has 3 aromatic rings. The topological polar surface area (TPSA) is 49.6 Å². The molecule has 0 atom stereocenters. The maximum Gasteiger partial charge on any atom is 0.418 e. The van der Waals surface area contributed by atoms with Crippen LogP contribution < -0.4 is 10.7 Å². The fourth-order valence-corrected chi connectivity index (χ4v) is 2.50. The van der Waals surface area contributed by atoms with E-state index in [4.69, 9.17) is 16.6 Å². The van der Waals surface area contributed by atoms with E-state index in [1.165, 1.54) is 18.2 Å². The monoisotopic (exact) mass is 377 g/mol. The van der Waals surface area contributed by atoms with E-state index in [2.05, 4.69) is 15.8 Å². The summed E-state index contributed by atoms with van der Waals surface area (Å²) in [7, 11) is 0. The van der Waals surface area contributed by atoms with Crippen LogP contribution in [0.4, 0.5) is 18.9 Å². The molecular weight excluding hydrogens is 363 g/mol. The first-order valence-corrected chi connectivity index (χ1v) is 8.02. The Hall–Kier alpha value is -2.87. The van der Waals surface area contributed by atoms with E-state index in [9.17, 15) is 13.2 Å². The average molecular weight is 377 g/mol. The smallest absolute Gasteiger partial charge is 0.418 e. The molecule has 1 aromatic heterocycles. The molecule has 3 rings (SSSR count). The molecule has 0 spiro atoms. The van der Waals surface area contributed by atoms with Crippen LogP contribution in [0.3, 0.4) is 0 Å². The second-order valence-corrected chi connectivity index (χ2v) is 5.86. The highest BCUT2D eigenvalue weighted by Crippen LogP contribution is 2.34. The van der Waals surface area contributed by atoms with Gasteiger partial charge in [-0.2, -0.15) is 18.3 Å². The summed E-state index contributed by atoms with van der Waals surface area (Å²) in [5.41, 5.74) is 2.81. The van der Waals surface area contributed by atoms with E-state index >= 15 is 0 Å². The molecule has 0 aliphatic rings. The van der Waals surface area contributed by atoms with Crippen LogP contribution in [0.25, 0.3) is 11.0 Å². The van der Waals surface area contributed by atoms with Crippen molar-refractivity contribution in [2.75, 3.05) is 5.32 Å². The van der Waals surface area contributed by atoms with Gasteiger partial charge in [-0.05, 0) is 43.4 Å². The Kier molecular flexibility index (Phi) is 4.94. The average Bonchev–Trinajstić information content (AvgIpc) is 3.03. The first-order valence-electron chi connectivity index (χ1n) is 7.61.